The Balaban J connectivity index is 1.37. The van der Waals surface area contributed by atoms with Gasteiger partial charge in [0.1, 0.15) is 0 Å². The standard InChI is InChI=1S/C24H26N2O5/c27-21(25-16-18(15-22(28)29)17-9-3-1-4-10-17)13-5-2-8-14-26-23(30)19-11-6-7-12-20(19)24(26)31/h1,3-4,6-7,9-12,18H,2,5,8,13-16H2,(H,25,27)(H,28,29)/p-1/t18-/m0/s1. The fraction of sp³-hybridized carbons (Fsp3) is 0.333. The lowest BCUT2D eigenvalue weighted by Gasteiger charge is -2.18. The number of nitrogens with one attached hydrogen (secondary N) is 1. The number of carboxylic acid groups (broad SMARTS) is 1. The first-order chi connectivity index (χ1) is 15.0. The summed E-state index contributed by atoms with van der Waals surface area (Å²) < 4.78 is 0. The summed E-state index contributed by atoms with van der Waals surface area (Å²) in [4.78, 5) is 49.1. The van der Waals surface area contributed by atoms with E-state index in [-0.39, 0.29) is 36.6 Å². The SMILES string of the molecule is O=C([O-])C[C@@H](CNC(=O)CCCCCN1C(=O)c2ccccc2C1=O)c1ccccc1. The molecule has 3 amide bonds. The van der Waals surface area contributed by atoms with Gasteiger partial charge in [-0.2, -0.15) is 0 Å². The van der Waals surface area contributed by atoms with Gasteiger partial charge in [0.15, 0.2) is 0 Å². The van der Waals surface area contributed by atoms with E-state index in [9.17, 15) is 24.3 Å². The van der Waals surface area contributed by atoms with Crippen LogP contribution in [-0.2, 0) is 9.59 Å². The van der Waals surface area contributed by atoms with E-state index in [0.717, 1.165) is 5.56 Å². The molecule has 0 saturated carbocycles. The number of hydrogen-bond acceptors (Lipinski definition) is 5. The van der Waals surface area contributed by atoms with E-state index >= 15 is 0 Å². The first-order valence-electron chi connectivity index (χ1n) is 10.4. The Hall–Kier alpha value is -3.48. The zero-order valence-electron chi connectivity index (χ0n) is 17.2. The fourth-order valence-corrected chi connectivity index (χ4v) is 3.73. The predicted molar refractivity (Wildman–Crippen MR) is 112 cm³/mol. The first-order valence-corrected chi connectivity index (χ1v) is 10.4. The number of unbranched alkanes of at least 4 members (excludes halogenated alkanes) is 2. The molecule has 0 saturated heterocycles. The third-order valence-corrected chi connectivity index (χ3v) is 5.39. The van der Waals surface area contributed by atoms with Crippen molar-refractivity contribution >= 4 is 23.7 Å². The van der Waals surface area contributed by atoms with Gasteiger partial charge >= 0.3 is 0 Å². The Morgan fingerprint density at radius 3 is 2.10 bits per heavy atom. The second-order valence-electron chi connectivity index (χ2n) is 7.61. The van der Waals surface area contributed by atoms with Crippen molar-refractivity contribution in [2.75, 3.05) is 13.1 Å². The molecule has 0 bridgehead atoms. The molecule has 2 aromatic carbocycles. The van der Waals surface area contributed by atoms with E-state index in [1.165, 1.54) is 4.90 Å². The molecule has 1 aliphatic heterocycles. The lowest BCUT2D eigenvalue weighted by molar-refractivity contribution is -0.306. The van der Waals surface area contributed by atoms with Gasteiger partial charge in [0.25, 0.3) is 11.8 Å². The highest BCUT2D eigenvalue weighted by atomic mass is 16.4. The number of hydrogen-bond donors (Lipinski definition) is 1. The molecule has 0 aliphatic carbocycles. The van der Waals surface area contributed by atoms with Gasteiger partial charge in [0.05, 0.1) is 11.1 Å². The van der Waals surface area contributed by atoms with Crippen molar-refractivity contribution in [3.63, 3.8) is 0 Å². The van der Waals surface area contributed by atoms with Crippen molar-refractivity contribution in [2.45, 2.75) is 38.0 Å². The predicted octanol–water partition coefficient (Wildman–Crippen LogP) is 1.88. The summed E-state index contributed by atoms with van der Waals surface area (Å²) in [5, 5.41) is 13.8. The Kier molecular flexibility index (Phi) is 7.54. The Labute approximate surface area is 181 Å². The summed E-state index contributed by atoms with van der Waals surface area (Å²) in [5.41, 5.74) is 1.72. The molecule has 1 N–H and O–H groups in total. The van der Waals surface area contributed by atoms with Gasteiger partial charge in [-0.05, 0) is 37.0 Å². The van der Waals surface area contributed by atoms with Gasteiger partial charge in [0, 0.05) is 31.4 Å². The van der Waals surface area contributed by atoms with Gasteiger partial charge < -0.3 is 15.2 Å². The lowest BCUT2D eigenvalue weighted by Crippen LogP contribution is -2.32. The number of aliphatic carboxylic acids is 1. The highest BCUT2D eigenvalue weighted by Gasteiger charge is 2.34. The molecule has 0 fully saturated rings. The quantitative estimate of drug-likeness (QED) is 0.440. The van der Waals surface area contributed by atoms with Gasteiger partial charge in [-0.3, -0.25) is 19.3 Å². The fourth-order valence-electron chi connectivity index (χ4n) is 3.73. The molecule has 0 spiro atoms. The first kappa shape index (κ1) is 22.2. The Morgan fingerprint density at radius 1 is 0.871 bits per heavy atom. The molecule has 1 atom stereocenters. The van der Waals surface area contributed by atoms with E-state index in [2.05, 4.69) is 5.32 Å². The zero-order chi connectivity index (χ0) is 22.2. The van der Waals surface area contributed by atoms with Gasteiger partial charge in [-0.25, -0.2) is 0 Å². The van der Waals surface area contributed by atoms with Crippen LogP contribution in [0, 0.1) is 0 Å². The van der Waals surface area contributed by atoms with E-state index in [4.69, 9.17) is 0 Å². The van der Waals surface area contributed by atoms with Crippen LogP contribution in [0.1, 0.15) is 64.3 Å². The monoisotopic (exact) mass is 421 g/mol. The summed E-state index contributed by atoms with van der Waals surface area (Å²) in [5.74, 6) is -2.18. The maximum absolute atomic E-state index is 12.3. The number of benzene rings is 2. The van der Waals surface area contributed by atoms with Crippen LogP contribution in [0.3, 0.4) is 0 Å². The van der Waals surface area contributed by atoms with Crippen molar-refractivity contribution in [1.29, 1.82) is 0 Å². The van der Waals surface area contributed by atoms with E-state index < -0.39 is 5.97 Å². The summed E-state index contributed by atoms with van der Waals surface area (Å²) in [7, 11) is 0. The summed E-state index contributed by atoms with van der Waals surface area (Å²) in [6.45, 7) is 0.557. The van der Waals surface area contributed by atoms with Crippen molar-refractivity contribution in [3.05, 3.63) is 71.3 Å². The summed E-state index contributed by atoms with van der Waals surface area (Å²) >= 11 is 0. The van der Waals surface area contributed by atoms with Gasteiger partial charge in [-0.1, -0.05) is 48.9 Å². The van der Waals surface area contributed by atoms with Crippen LogP contribution < -0.4 is 10.4 Å². The second kappa shape index (κ2) is 10.5. The second-order valence-corrected chi connectivity index (χ2v) is 7.61. The van der Waals surface area contributed by atoms with E-state index in [1.807, 2.05) is 30.3 Å². The van der Waals surface area contributed by atoms with Crippen LogP contribution in [0.4, 0.5) is 0 Å². The molecular weight excluding hydrogens is 396 g/mol. The molecule has 0 unspecified atom stereocenters. The van der Waals surface area contributed by atoms with Crippen LogP contribution in [0.2, 0.25) is 0 Å². The number of imide groups is 1. The highest BCUT2D eigenvalue weighted by molar-refractivity contribution is 6.21. The molecule has 2 aromatic rings. The van der Waals surface area contributed by atoms with Crippen LogP contribution in [0.5, 0.6) is 0 Å². The van der Waals surface area contributed by atoms with Crippen LogP contribution in [0.25, 0.3) is 0 Å². The molecule has 3 rings (SSSR count). The zero-order valence-corrected chi connectivity index (χ0v) is 17.2. The number of fused-ring (bicyclic) bond motifs is 1. The van der Waals surface area contributed by atoms with Crippen molar-refractivity contribution in [1.82, 2.24) is 10.2 Å². The van der Waals surface area contributed by atoms with Crippen LogP contribution in [0.15, 0.2) is 54.6 Å². The number of carboxylic acids is 1. The van der Waals surface area contributed by atoms with E-state index in [1.54, 1.807) is 24.3 Å². The minimum absolute atomic E-state index is 0.153. The van der Waals surface area contributed by atoms with Crippen molar-refractivity contribution in [2.24, 2.45) is 0 Å². The molecule has 1 aliphatic rings. The van der Waals surface area contributed by atoms with Gasteiger partial charge in [0.2, 0.25) is 5.91 Å². The number of carbonyl (C=O) groups excluding carboxylic acids is 4. The Bertz CT molecular complexity index is 922. The van der Waals surface area contributed by atoms with Crippen LogP contribution in [-0.4, -0.2) is 41.7 Å². The molecule has 31 heavy (non-hydrogen) atoms. The largest absolute Gasteiger partial charge is 0.550 e. The maximum Gasteiger partial charge on any atom is 0.261 e. The molecule has 162 valence electrons. The average molecular weight is 421 g/mol. The molecule has 1 heterocycles. The summed E-state index contributed by atoms with van der Waals surface area (Å²) in [6.07, 6.45) is 2.07. The molecular formula is C24H25N2O5-. The minimum Gasteiger partial charge on any atom is -0.550 e. The van der Waals surface area contributed by atoms with Crippen molar-refractivity contribution < 1.29 is 24.3 Å². The number of nitrogens with zero attached hydrogens (tertiary/aromatic N) is 1. The summed E-state index contributed by atoms with van der Waals surface area (Å²) in [6, 6.07) is 16.0. The normalized spacial score (nSPS) is 13.7. The lowest BCUT2D eigenvalue weighted by atomic mass is 9.95. The molecule has 7 heteroatoms. The smallest absolute Gasteiger partial charge is 0.261 e. The molecule has 0 radical (unpaired) electrons. The molecule has 0 aromatic heterocycles. The molecule has 7 nitrogen and oxygen atoms in total. The van der Waals surface area contributed by atoms with E-state index in [0.29, 0.717) is 43.4 Å². The third-order valence-electron chi connectivity index (χ3n) is 5.39. The number of carbonyl (C=O) groups is 4. The maximum atomic E-state index is 12.3. The third kappa shape index (κ3) is 5.78. The number of amides is 3. The topological polar surface area (TPSA) is 107 Å². The van der Waals surface area contributed by atoms with Crippen molar-refractivity contribution in [3.8, 4) is 0 Å². The van der Waals surface area contributed by atoms with Gasteiger partial charge in [-0.15, -0.1) is 0 Å². The minimum atomic E-state index is -1.16. The van der Waals surface area contributed by atoms with Crippen LogP contribution >= 0.6 is 0 Å². The Morgan fingerprint density at radius 2 is 1.48 bits per heavy atom. The number of rotatable bonds is 11. The average Bonchev–Trinajstić information content (AvgIpc) is 3.01. The highest BCUT2D eigenvalue weighted by Crippen LogP contribution is 2.23.